The van der Waals surface area contributed by atoms with Gasteiger partial charge in [0.25, 0.3) is 0 Å². The lowest BCUT2D eigenvalue weighted by molar-refractivity contribution is 0.0590. The van der Waals surface area contributed by atoms with Gasteiger partial charge in [-0.2, -0.15) is 5.26 Å². The molecular weight excluding hydrogens is 244 g/mol. The van der Waals surface area contributed by atoms with Gasteiger partial charge in [0.2, 0.25) is 0 Å². The molecule has 1 aliphatic carbocycles. The third-order valence-corrected chi connectivity index (χ3v) is 3.56. The topological polar surface area (TPSA) is 83.2 Å². The highest BCUT2D eigenvalue weighted by molar-refractivity contribution is 5.90. The summed E-state index contributed by atoms with van der Waals surface area (Å²) in [5.74, 6) is -0.705. The summed E-state index contributed by atoms with van der Waals surface area (Å²) < 4.78 is 4.53. The first-order valence-corrected chi connectivity index (χ1v) is 6.39. The number of hydrogen-bond donors (Lipinski definition) is 1. The molecule has 1 aromatic heterocycles. The fourth-order valence-corrected chi connectivity index (χ4v) is 2.58. The number of nitrogens with zero attached hydrogens (tertiary/aromatic N) is 2. The Kier molecular flexibility index (Phi) is 4.00. The molecule has 1 heterocycles. The van der Waals surface area contributed by atoms with Crippen LogP contribution in [0, 0.1) is 11.3 Å². The standard InChI is InChI=1S/C14H16N2O3/c1-19-14(18)13-12(17)7-10(11(8-15)16-13)9-5-3-2-4-6-9/h7,9,17H,2-6H2,1H3. The average Bonchev–Trinajstić information content (AvgIpc) is 2.47. The second-order valence-corrected chi connectivity index (χ2v) is 4.73. The quantitative estimate of drug-likeness (QED) is 0.826. The van der Waals surface area contributed by atoms with Gasteiger partial charge >= 0.3 is 5.97 Å². The smallest absolute Gasteiger partial charge is 0.360 e. The summed E-state index contributed by atoms with van der Waals surface area (Å²) in [5, 5.41) is 19.0. The minimum Gasteiger partial charge on any atom is -0.505 e. The fourth-order valence-electron chi connectivity index (χ4n) is 2.58. The van der Waals surface area contributed by atoms with Crippen LogP contribution in [0.5, 0.6) is 5.75 Å². The van der Waals surface area contributed by atoms with Crippen LogP contribution < -0.4 is 0 Å². The first kappa shape index (κ1) is 13.3. The number of pyridine rings is 1. The largest absolute Gasteiger partial charge is 0.505 e. The number of carbonyl (C=O) groups excluding carboxylic acids is 1. The lowest BCUT2D eigenvalue weighted by Gasteiger charge is -2.22. The number of nitriles is 1. The van der Waals surface area contributed by atoms with Crippen molar-refractivity contribution in [2.45, 2.75) is 38.0 Å². The molecule has 0 atom stereocenters. The minimum atomic E-state index is -0.732. The Bertz CT molecular complexity index is 528. The predicted molar refractivity (Wildman–Crippen MR) is 67.8 cm³/mol. The van der Waals surface area contributed by atoms with Gasteiger partial charge in [-0.25, -0.2) is 9.78 Å². The molecule has 1 aliphatic rings. The molecule has 5 heteroatoms. The number of methoxy groups -OCH3 is 1. The van der Waals surface area contributed by atoms with Gasteiger partial charge in [-0.3, -0.25) is 0 Å². The monoisotopic (exact) mass is 260 g/mol. The third kappa shape index (κ3) is 2.68. The van der Waals surface area contributed by atoms with Crippen molar-refractivity contribution >= 4 is 5.97 Å². The molecule has 2 rings (SSSR count). The number of ether oxygens (including phenoxy) is 1. The summed E-state index contributed by atoms with van der Waals surface area (Å²) in [6, 6.07) is 3.50. The molecule has 0 aliphatic heterocycles. The molecule has 1 aromatic rings. The van der Waals surface area contributed by atoms with Crippen LogP contribution in [0.1, 0.15) is 59.8 Å². The van der Waals surface area contributed by atoms with Gasteiger partial charge < -0.3 is 9.84 Å². The van der Waals surface area contributed by atoms with Gasteiger partial charge in [0.15, 0.2) is 5.69 Å². The van der Waals surface area contributed by atoms with E-state index in [1.54, 1.807) is 0 Å². The van der Waals surface area contributed by atoms with Gasteiger partial charge in [-0.15, -0.1) is 0 Å². The van der Waals surface area contributed by atoms with E-state index < -0.39 is 5.97 Å². The van der Waals surface area contributed by atoms with Gasteiger partial charge in [0.1, 0.15) is 17.5 Å². The van der Waals surface area contributed by atoms with Crippen LogP contribution in [-0.4, -0.2) is 23.2 Å². The van der Waals surface area contributed by atoms with Crippen molar-refractivity contribution in [2.75, 3.05) is 7.11 Å². The molecule has 0 aromatic carbocycles. The molecule has 0 unspecified atom stereocenters. The van der Waals surface area contributed by atoms with E-state index in [9.17, 15) is 15.2 Å². The predicted octanol–water partition coefficient (Wildman–Crippen LogP) is 2.49. The Morgan fingerprint density at radius 2 is 2.16 bits per heavy atom. The maximum Gasteiger partial charge on any atom is 0.360 e. The van der Waals surface area contributed by atoms with E-state index in [2.05, 4.69) is 9.72 Å². The van der Waals surface area contributed by atoms with E-state index in [1.807, 2.05) is 6.07 Å². The van der Waals surface area contributed by atoms with Gasteiger partial charge in [0, 0.05) is 0 Å². The highest BCUT2D eigenvalue weighted by Crippen LogP contribution is 2.35. The number of aromatic nitrogens is 1. The summed E-state index contributed by atoms with van der Waals surface area (Å²) in [4.78, 5) is 15.4. The summed E-state index contributed by atoms with van der Waals surface area (Å²) in [5.41, 5.74) is 0.760. The van der Waals surface area contributed by atoms with Crippen molar-refractivity contribution < 1.29 is 14.6 Å². The van der Waals surface area contributed by atoms with E-state index in [4.69, 9.17) is 0 Å². The van der Waals surface area contributed by atoms with Crippen LogP contribution in [0.3, 0.4) is 0 Å². The van der Waals surface area contributed by atoms with Crippen molar-refractivity contribution in [3.05, 3.63) is 23.0 Å². The highest BCUT2D eigenvalue weighted by atomic mass is 16.5. The summed E-state index contributed by atoms with van der Waals surface area (Å²) >= 11 is 0. The lowest BCUT2D eigenvalue weighted by Crippen LogP contribution is -2.11. The van der Waals surface area contributed by atoms with Crippen molar-refractivity contribution in [3.63, 3.8) is 0 Å². The summed E-state index contributed by atoms with van der Waals surface area (Å²) in [7, 11) is 1.21. The minimum absolute atomic E-state index is 0.196. The van der Waals surface area contributed by atoms with Gasteiger partial charge in [0.05, 0.1) is 7.11 Å². The molecular formula is C14H16N2O3. The Morgan fingerprint density at radius 3 is 2.74 bits per heavy atom. The number of aromatic hydroxyl groups is 1. The van der Waals surface area contributed by atoms with Crippen molar-refractivity contribution in [2.24, 2.45) is 0 Å². The number of hydrogen-bond acceptors (Lipinski definition) is 5. The van der Waals surface area contributed by atoms with Crippen molar-refractivity contribution in [1.82, 2.24) is 4.98 Å². The van der Waals surface area contributed by atoms with E-state index in [1.165, 1.54) is 19.6 Å². The molecule has 0 amide bonds. The molecule has 0 radical (unpaired) electrons. The normalized spacial score (nSPS) is 15.8. The number of carbonyl (C=O) groups is 1. The van der Waals surface area contributed by atoms with Crippen LogP contribution in [0.15, 0.2) is 6.07 Å². The summed E-state index contributed by atoms with van der Waals surface area (Å²) in [6.45, 7) is 0. The van der Waals surface area contributed by atoms with Gasteiger partial charge in [-0.05, 0) is 30.4 Å². The van der Waals surface area contributed by atoms with E-state index in [-0.39, 0.29) is 23.1 Å². The molecule has 19 heavy (non-hydrogen) atoms. The van der Waals surface area contributed by atoms with Crippen molar-refractivity contribution in [3.8, 4) is 11.8 Å². The van der Waals surface area contributed by atoms with E-state index >= 15 is 0 Å². The van der Waals surface area contributed by atoms with Crippen LogP contribution in [-0.2, 0) is 4.74 Å². The average molecular weight is 260 g/mol. The Balaban J connectivity index is 2.42. The Labute approximate surface area is 111 Å². The first-order valence-electron chi connectivity index (χ1n) is 6.39. The lowest BCUT2D eigenvalue weighted by atomic mass is 9.83. The van der Waals surface area contributed by atoms with Crippen LogP contribution in [0.4, 0.5) is 0 Å². The molecule has 100 valence electrons. The van der Waals surface area contributed by atoms with Crippen LogP contribution in [0.2, 0.25) is 0 Å². The SMILES string of the molecule is COC(=O)c1nc(C#N)c(C2CCCCC2)cc1O. The molecule has 1 fully saturated rings. The molecule has 0 spiro atoms. The maximum atomic E-state index is 11.4. The Hall–Kier alpha value is -2.09. The maximum absolute atomic E-state index is 11.4. The zero-order valence-electron chi connectivity index (χ0n) is 10.8. The van der Waals surface area contributed by atoms with E-state index in [0.717, 1.165) is 31.2 Å². The summed E-state index contributed by atoms with van der Waals surface area (Å²) in [6.07, 6.45) is 5.43. The zero-order chi connectivity index (χ0) is 13.8. The number of esters is 1. The molecule has 5 nitrogen and oxygen atoms in total. The molecule has 0 bridgehead atoms. The molecule has 1 saturated carbocycles. The fraction of sp³-hybridized carbons (Fsp3) is 0.500. The zero-order valence-corrected chi connectivity index (χ0v) is 10.8. The third-order valence-electron chi connectivity index (χ3n) is 3.56. The van der Waals surface area contributed by atoms with E-state index in [0.29, 0.717) is 0 Å². The Morgan fingerprint density at radius 1 is 1.47 bits per heavy atom. The van der Waals surface area contributed by atoms with Crippen LogP contribution in [0.25, 0.3) is 0 Å². The van der Waals surface area contributed by atoms with Gasteiger partial charge in [-0.1, -0.05) is 19.3 Å². The number of rotatable bonds is 2. The molecule has 1 N–H and O–H groups in total. The van der Waals surface area contributed by atoms with Crippen molar-refractivity contribution in [1.29, 1.82) is 5.26 Å². The second-order valence-electron chi connectivity index (χ2n) is 4.73. The van der Waals surface area contributed by atoms with Crippen LogP contribution >= 0.6 is 0 Å². The first-order chi connectivity index (χ1) is 9.17. The second kappa shape index (κ2) is 5.70. The highest BCUT2D eigenvalue weighted by Gasteiger charge is 2.23. The molecule has 0 saturated heterocycles.